The molecule has 5 N–H and O–H groups in total. The van der Waals surface area contributed by atoms with E-state index in [0.29, 0.717) is 0 Å². The molecule has 0 unspecified atom stereocenters. The topological polar surface area (TPSA) is 149 Å². The van der Waals surface area contributed by atoms with Crippen LogP contribution in [-0.2, 0) is 16.0 Å². The van der Waals surface area contributed by atoms with Gasteiger partial charge in [-0.25, -0.2) is 4.79 Å². The molecule has 1 saturated heterocycles. The fraction of sp³-hybridized carbons (Fsp3) is 0.318. The molecule has 0 saturated carbocycles. The Balaban J connectivity index is 1.57. The summed E-state index contributed by atoms with van der Waals surface area (Å²) < 4.78 is 6.66. The second-order valence-corrected chi connectivity index (χ2v) is 7.61. The molecule has 0 aliphatic carbocycles. The van der Waals surface area contributed by atoms with Crippen molar-refractivity contribution in [1.82, 2.24) is 19.9 Å². The maximum atomic E-state index is 12.7. The van der Waals surface area contributed by atoms with Gasteiger partial charge < -0.3 is 25.3 Å². The van der Waals surface area contributed by atoms with Crippen LogP contribution in [0.1, 0.15) is 30.7 Å². The Bertz CT molecular complexity index is 1290. The number of hydrogen-bond acceptors (Lipinski definition) is 6. The second kappa shape index (κ2) is 8.95. The molecule has 0 bridgehead atoms. The lowest BCUT2D eigenvalue weighted by atomic mass is 10.1. The number of aromatic amines is 2. The average Bonchev–Trinajstić information content (AvgIpc) is 3.35. The molecule has 3 atom stereocenters. The molecular formula is C22H24N4O6. The number of nitrogens with one attached hydrogen (secondary N) is 3. The maximum absolute atomic E-state index is 12.7. The van der Waals surface area contributed by atoms with Crippen molar-refractivity contribution in [2.45, 2.75) is 38.2 Å². The van der Waals surface area contributed by atoms with Crippen LogP contribution in [0, 0.1) is 0 Å². The molecular weight excluding hydrogens is 416 g/mol. The van der Waals surface area contributed by atoms with Gasteiger partial charge in [0.2, 0.25) is 5.91 Å². The smallest absolute Gasteiger partial charge is 0.330 e. The Labute approximate surface area is 182 Å². The lowest BCUT2D eigenvalue weighted by Gasteiger charge is -2.16. The van der Waals surface area contributed by atoms with Crippen LogP contribution in [0.4, 0.5) is 0 Å². The van der Waals surface area contributed by atoms with E-state index >= 15 is 0 Å². The van der Waals surface area contributed by atoms with Crippen molar-refractivity contribution < 1.29 is 19.7 Å². The molecule has 3 heterocycles. The highest BCUT2D eigenvalue weighted by Gasteiger charge is 2.35. The number of rotatable bonds is 6. The van der Waals surface area contributed by atoms with E-state index in [1.54, 1.807) is 19.2 Å². The standard InChI is InChI=1S/C22H24N4O6/c1-2-15(24-19(29)7-12-9-23-16-6-4-3-5-13(12)16)14-10-26(22(31)25-21(14)30)20-8-17(28)18(11-27)32-20/h2-6,9-10,17-18,20,23,27-28H,7-8,11H2,1H3,(H,24,29)(H,25,30,31)/t17-,18+,20+/m0/s1. The van der Waals surface area contributed by atoms with E-state index in [1.807, 2.05) is 24.3 Å². The Morgan fingerprint density at radius 2 is 2.12 bits per heavy atom. The number of allylic oxidation sites excluding steroid dienone is 1. The summed E-state index contributed by atoms with van der Waals surface area (Å²) in [6, 6.07) is 7.63. The summed E-state index contributed by atoms with van der Waals surface area (Å²) in [5.74, 6) is -0.326. The number of hydrogen-bond donors (Lipinski definition) is 5. The van der Waals surface area contributed by atoms with Crippen molar-refractivity contribution >= 4 is 22.5 Å². The molecule has 1 amide bonds. The van der Waals surface area contributed by atoms with Gasteiger partial charge in [0.1, 0.15) is 12.3 Å². The molecule has 0 spiro atoms. The van der Waals surface area contributed by atoms with Gasteiger partial charge in [-0.1, -0.05) is 24.3 Å². The Morgan fingerprint density at radius 3 is 2.84 bits per heavy atom. The van der Waals surface area contributed by atoms with Crippen LogP contribution in [0.15, 0.2) is 52.3 Å². The Hall–Kier alpha value is -3.47. The number of para-hydroxylation sites is 1. The molecule has 1 aliphatic heterocycles. The van der Waals surface area contributed by atoms with Crippen LogP contribution in [0.3, 0.4) is 0 Å². The lowest BCUT2D eigenvalue weighted by Crippen LogP contribution is -2.36. The zero-order valence-electron chi connectivity index (χ0n) is 17.4. The van der Waals surface area contributed by atoms with E-state index in [9.17, 15) is 24.6 Å². The predicted octanol–water partition coefficient (Wildman–Crippen LogP) is 0.378. The number of fused-ring (bicyclic) bond motifs is 1. The van der Waals surface area contributed by atoms with Crippen LogP contribution in [-0.4, -0.2) is 49.5 Å². The van der Waals surface area contributed by atoms with Gasteiger partial charge in [-0.3, -0.25) is 19.1 Å². The molecule has 3 aromatic rings. The van der Waals surface area contributed by atoms with Crippen molar-refractivity contribution in [3.8, 4) is 0 Å². The number of aliphatic hydroxyl groups is 2. The molecule has 10 heteroatoms. The van der Waals surface area contributed by atoms with Crippen molar-refractivity contribution in [2.75, 3.05) is 6.61 Å². The van der Waals surface area contributed by atoms with E-state index in [2.05, 4.69) is 15.3 Å². The van der Waals surface area contributed by atoms with Crippen LogP contribution in [0.25, 0.3) is 16.6 Å². The molecule has 4 rings (SSSR count). The van der Waals surface area contributed by atoms with Gasteiger partial charge in [-0.05, 0) is 18.6 Å². The summed E-state index contributed by atoms with van der Waals surface area (Å²) in [6.45, 7) is 1.26. The minimum Gasteiger partial charge on any atom is -0.394 e. The molecule has 2 aromatic heterocycles. The largest absolute Gasteiger partial charge is 0.394 e. The second-order valence-electron chi connectivity index (χ2n) is 7.61. The minimum atomic E-state index is -0.940. The van der Waals surface area contributed by atoms with Gasteiger partial charge in [0.25, 0.3) is 5.56 Å². The van der Waals surface area contributed by atoms with Crippen molar-refractivity contribution in [2.24, 2.45) is 0 Å². The van der Waals surface area contributed by atoms with Crippen LogP contribution in [0.5, 0.6) is 0 Å². The van der Waals surface area contributed by atoms with Gasteiger partial charge in [0, 0.05) is 29.7 Å². The third kappa shape index (κ3) is 4.15. The number of carbonyl (C=O) groups is 1. The number of aliphatic hydroxyl groups excluding tert-OH is 2. The first kappa shape index (κ1) is 21.8. The van der Waals surface area contributed by atoms with E-state index < -0.39 is 36.3 Å². The van der Waals surface area contributed by atoms with Gasteiger partial charge in [0.15, 0.2) is 0 Å². The van der Waals surface area contributed by atoms with Gasteiger partial charge in [-0.15, -0.1) is 0 Å². The predicted molar refractivity (Wildman–Crippen MR) is 117 cm³/mol. The summed E-state index contributed by atoms with van der Waals surface area (Å²) in [4.78, 5) is 42.8. The fourth-order valence-corrected chi connectivity index (χ4v) is 3.88. The maximum Gasteiger partial charge on any atom is 0.330 e. The highest BCUT2D eigenvalue weighted by molar-refractivity contribution is 5.92. The molecule has 0 radical (unpaired) electrons. The molecule has 168 valence electrons. The molecule has 10 nitrogen and oxygen atoms in total. The third-order valence-corrected chi connectivity index (χ3v) is 5.54. The number of aromatic nitrogens is 3. The monoisotopic (exact) mass is 440 g/mol. The zero-order chi connectivity index (χ0) is 22.8. The van der Waals surface area contributed by atoms with E-state index in [0.717, 1.165) is 21.0 Å². The Kier molecular flexibility index (Phi) is 6.08. The number of benzene rings is 1. The first-order valence-electron chi connectivity index (χ1n) is 10.2. The molecule has 1 fully saturated rings. The number of ether oxygens (including phenoxy) is 1. The first-order chi connectivity index (χ1) is 15.4. The van der Waals surface area contributed by atoms with Crippen LogP contribution in [0.2, 0.25) is 0 Å². The highest BCUT2D eigenvalue weighted by atomic mass is 16.5. The van der Waals surface area contributed by atoms with E-state index in [1.165, 1.54) is 6.20 Å². The highest BCUT2D eigenvalue weighted by Crippen LogP contribution is 2.27. The summed E-state index contributed by atoms with van der Waals surface area (Å²) in [5, 5.41) is 22.9. The van der Waals surface area contributed by atoms with Crippen LogP contribution >= 0.6 is 0 Å². The normalized spacial score (nSPS) is 21.2. The lowest BCUT2D eigenvalue weighted by molar-refractivity contribution is -0.119. The number of nitrogens with zero attached hydrogens (tertiary/aromatic N) is 1. The fourth-order valence-electron chi connectivity index (χ4n) is 3.88. The van der Waals surface area contributed by atoms with Crippen molar-refractivity contribution in [1.29, 1.82) is 0 Å². The van der Waals surface area contributed by atoms with Crippen molar-refractivity contribution in [3.63, 3.8) is 0 Å². The van der Waals surface area contributed by atoms with Gasteiger partial charge in [0.05, 0.1) is 30.4 Å². The van der Waals surface area contributed by atoms with Crippen molar-refractivity contribution in [3.05, 3.63) is 74.7 Å². The number of H-pyrrole nitrogens is 2. The van der Waals surface area contributed by atoms with Crippen LogP contribution < -0.4 is 16.6 Å². The zero-order valence-corrected chi connectivity index (χ0v) is 17.4. The first-order valence-corrected chi connectivity index (χ1v) is 10.2. The summed E-state index contributed by atoms with van der Waals surface area (Å²) in [5.41, 5.74) is 0.673. The third-order valence-electron chi connectivity index (χ3n) is 5.54. The quantitative estimate of drug-likeness (QED) is 0.374. The summed E-state index contributed by atoms with van der Waals surface area (Å²) in [6.07, 6.45) is 2.18. The van der Waals surface area contributed by atoms with Gasteiger partial charge in [-0.2, -0.15) is 0 Å². The van der Waals surface area contributed by atoms with Gasteiger partial charge >= 0.3 is 5.69 Å². The summed E-state index contributed by atoms with van der Waals surface area (Å²) >= 11 is 0. The average molecular weight is 440 g/mol. The molecule has 1 aromatic carbocycles. The number of carbonyl (C=O) groups excluding carboxylic acids is 1. The minimum absolute atomic E-state index is 0.0740. The number of amides is 1. The summed E-state index contributed by atoms with van der Waals surface area (Å²) in [7, 11) is 0. The Morgan fingerprint density at radius 1 is 1.34 bits per heavy atom. The SMILES string of the molecule is CC=C(NC(=O)Cc1c[nH]c2ccccc12)c1cn([C@H]2C[C@H](O)[C@@H](CO)O2)c(=O)[nH]c1=O. The molecule has 32 heavy (non-hydrogen) atoms. The molecule has 1 aliphatic rings. The van der Waals surface area contributed by atoms with E-state index in [-0.39, 0.29) is 30.0 Å². The van der Waals surface area contributed by atoms with E-state index in [4.69, 9.17) is 4.74 Å².